The zero-order chi connectivity index (χ0) is 21.3. The van der Waals surface area contributed by atoms with E-state index in [1.165, 1.54) is 89.2 Å². The van der Waals surface area contributed by atoms with Crippen molar-refractivity contribution < 1.29 is 15.0 Å². The normalized spacial score (nSPS) is 10.6. The second-order valence-corrected chi connectivity index (χ2v) is 7.70. The van der Waals surface area contributed by atoms with Crippen molar-refractivity contribution in [3.63, 3.8) is 0 Å². The van der Waals surface area contributed by atoms with Gasteiger partial charge in [0.2, 0.25) is 0 Å². The van der Waals surface area contributed by atoms with Crippen LogP contribution in [0.25, 0.3) is 10.8 Å². The number of carboxylic acids is 1. The van der Waals surface area contributed by atoms with Crippen molar-refractivity contribution in [2.24, 2.45) is 5.73 Å². The molecule has 2 aromatic rings. The summed E-state index contributed by atoms with van der Waals surface area (Å²) in [7, 11) is 0. The van der Waals surface area contributed by atoms with Crippen molar-refractivity contribution in [3.8, 4) is 5.75 Å². The second-order valence-electron chi connectivity index (χ2n) is 7.70. The third-order valence-corrected chi connectivity index (χ3v) is 5.15. The van der Waals surface area contributed by atoms with Crippen molar-refractivity contribution in [1.29, 1.82) is 0 Å². The van der Waals surface area contributed by atoms with Gasteiger partial charge in [0.1, 0.15) is 11.3 Å². The summed E-state index contributed by atoms with van der Waals surface area (Å²) >= 11 is 0. The Kier molecular flexibility index (Phi) is 13.6. The molecule has 0 aromatic heterocycles. The van der Waals surface area contributed by atoms with Crippen LogP contribution in [0.1, 0.15) is 94.3 Å². The highest BCUT2D eigenvalue weighted by Crippen LogP contribution is 2.24. The molecule has 4 N–H and O–H groups in total. The average molecular weight is 402 g/mol. The van der Waals surface area contributed by atoms with Crippen LogP contribution in [0.5, 0.6) is 5.75 Å². The number of hydrogen-bond acceptors (Lipinski definition) is 3. The summed E-state index contributed by atoms with van der Waals surface area (Å²) in [5, 5.41) is 19.8. The molecule has 0 unspecified atom stereocenters. The Labute approximate surface area is 176 Å². The highest BCUT2D eigenvalue weighted by molar-refractivity contribution is 5.97. The zero-order valence-corrected chi connectivity index (χ0v) is 18.0. The molecule has 0 fully saturated rings. The smallest absolute Gasteiger partial charge is 0.339 e. The predicted molar refractivity (Wildman–Crippen MR) is 123 cm³/mol. The predicted octanol–water partition coefficient (Wildman–Crippen LogP) is 6.89. The molecular weight excluding hydrogens is 362 g/mol. The van der Waals surface area contributed by atoms with E-state index in [1.807, 2.05) is 18.2 Å². The molecule has 4 heteroatoms. The van der Waals surface area contributed by atoms with Gasteiger partial charge in [0.05, 0.1) is 0 Å². The van der Waals surface area contributed by atoms with Gasteiger partial charge in [0.25, 0.3) is 0 Å². The van der Waals surface area contributed by atoms with E-state index >= 15 is 0 Å². The molecule has 0 radical (unpaired) electrons. The molecule has 0 aliphatic heterocycles. The Balaban J connectivity index is 0.000000290. The first-order valence-corrected chi connectivity index (χ1v) is 11.2. The summed E-state index contributed by atoms with van der Waals surface area (Å²) in [6, 6.07) is 10.2. The molecule has 0 spiro atoms. The number of unbranched alkanes of at least 4 members (excludes halogenated alkanes) is 11. The highest BCUT2D eigenvalue weighted by atomic mass is 16.4. The number of rotatable bonds is 13. The van der Waals surface area contributed by atoms with Gasteiger partial charge in [0.15, 0.2) is 0 Å². The number of fused-ring (bicyclic) bond motifs is 1. The number of hydrogen-bond donors (Lipinski definition) is 3. The largest absolute Gasteiger partial charge is 0.507 e. The summed E-state index contributed by atoms with van der Waals surface area (Å²) in [4.78, 5) is 10.7. The van der Waals surface area contributed by atoms with Gasteiger partial charge >= 0.3 is 5.97 Å². The van der Waals surface area contributed by atoms with Crippen LogP contribution in [-0.4, -0.2) is 22.7 Å². The van der Waals surface area contributed by atoms with Crippen LogP contribution in [0.3, 0.4) is 0 Å². The summed E-state index contributed by atoms with van der Waals surface area (Å²) in [5.74, 6) is -1.32. The molecule has 0 aliphatic rings. The van der Waals surface area contributed by atoms with Crippen molar-refractivity contribution in [2.75, 3.05) is 6.54 Å². The number of aromatic hydroxyl groups is 1. The van der Waals surface area contributed by atoms with E-state index in [0.29, 0.717) is 0 Å². The second kappa shape index (κ2) is 15.8. The van der Waals surface area contributed by atoms with E-state index in [2.05, 4.69) is 6.92 Å². The Bertz CT molecular complexity index is 688. The summed E-state index contributed by atoms with van der Waals surface area (Å²) in [5.41, 5.74) is 5.38. The molecule has 0 saturated carbocycles. The van der Waals surface area contributed by atoms with E-state index in [9.17, 15) is 9.90 Å². The maximum Gasteiger partial charge on any atom is 0.339 e. The van der Waals surface area contributed by atoms with Crippen LogP contribution in [0.4, 0.5) is 0 Å². The number of aromatic carboxylic acids is 1. The van der Waals surface area contributed by atoms with E-state index in [0.717, 1.165) is 17.3 Å². The van der Waals surface area contributed by atoms with Gasteiger partial charge < -0.3 is 15.9 Å². The fourth-order valence-corrected chi connectivity index (χ4v) is 3.38. The standard InChI is InChI=1S/C14H31N.C11H8O3/c1-2-3-4-5-6-7-8-9-10-11-12-13-14-15;12-10-6-8-4-2-1-3-7(8)5-9(10)11(13)14/h2-15H2,1H3;1-6,12H,(H,13,14). The molecule has 2 rings (SSSR count). The van der Waals surface area contributed by atoms with Gasteiger partial charge in [-0.2, -0.15) is 0 Å². The lowest BCUT2D eigenvalue weighted by molar-refractivity contribution is 0.0694. The van der Waals surface area contributed by atoms with Crippen LogP contribution in [0.2, 0.25) is 0 Å². The summed E-state index contributed by atoms with van der Waals surface area (Å²) in [6.45, 7) is 3.15. The van der Waals surface area contributed by atoms with Gasteiger partial charge in [-0.3, -0.25) is 0 Å². The molecular formula is C25H39NO3. The third-order valence-electron chi connectivity index (χ3n) is 5.15. The minimum Gasteiger partial charge on any atom is -0.507 e. The molecule has 162 valence electrons. The number of benzene rings is 2. The van der Waals surface area contributed by atoms with E-state index in [4.69, 9.17) is 10.8 Å². The van der Waals surface area contributed by atoms with E-state index in [-0.39, 0.29) is 11.3 Å². The van der Waals surface area contributed by atoms with Gasteiger partial charge in [-0.05, 0) is 35.9 Å². The van der Waals surface area contributed by atoms with Crippen LogP contribution < -0.4 is 5.73 Å². The molecule has 4 nitrogen and oxygen atoms in total. The quantitative estimate of drug-likeness (QED) is 0.319. The van der Waals surface area contributed by atoms with Crippen molar-refractivity contribution >= 4 is 16.7 Å². The number of carboxylic acid groups (broad SMARTS) is 1. The van der Waals surface area contributed by atoms with E-state index < -0.39 is 5.97 Å². The number of nitrogens with two attached hydrogens (primary N) is 1. The van der Waals surface area contributed by atoms with Crippen molar-refractivity contribution in [3.05, 3.63) is 42.0 Å². The van der Waals surface area contributed by atoms with Crippen LogP contribution in [0.15, 0.2) is 36.4 Å². The van der Waals surface area contributed by atoms with Crippen LogP contribution in [-0.2, 0) is 0 Å². The van der Waals surface area contributed by atoms with Gasteiger partial charge in [0, 0.05) is 0 Å². The van der Waals surface area contributed by atoms with Crippen molar-refractivity contribution in [2.45, 2.75) is 84.0 Å². The zero-order valence-electron chi connectivity index (χ0n) is 18.0. The lowest BCUT2D eigenvalue weighted by Gasteiger charge is -2.02. The molecule has 0 aliphatic carbocycles. The summed E-state index contributed by atoms with van der Waals surface area (Å²) < 4.78 is 0. The lowest BCUT2D eigenvalue weighted by Crippen LogP contribution is -1.97. The molecule has 0 atom stereocenters. The van der Waals surface area contributed by atoms with Crippen LogP contribution in [0, 0.1) is 0 Å². The maximum absolute atomic E-state index is 10.7. The average Bonchev–Trinajstić information content (AvgIpc) is 2.72. The summed E-state index contributed by atoms with van der Waals surface area (Å²) in [6.07, 6.45) is 16.9. The Morgan fingerprint density at radius 3 is 1.69 bits per heavy atom. The molecule has 0 heterocycles. The fraction of sp³-hybridized carbons (Fsp3) is 0.560. The molecule has 29 heavy (non-hydrogen) atoms. The van der Waals surface area contributed by atoms with Crippen LogP contribution >= 0.6 is 0 Å². The minimum atomic E-state index is -1.12. The first kappa shape index (κ1) is 25.0. The van der Waals surface area contributed by atoms with Gasteiger partial charge in [-0.25, -0.2) is 4.79 Å². The van der Waals surface area contributed by atoms with Crippen molar-refractivity contribution in [1.82, 2.24) is 0 Å². The number of carbonyl (C=O) groups is 1. The SMILES string of the molecule is CCCCCCCCCCCCCCN.O=C(O)c1cc2ccccc2cc1O. The van der Waals surface area contributed by atoms with Gasteiger partial charge in [-0.1, -0.05) is 102 Å². The highest BCUT2D eigenvalue weighted by Gasteiger charge is 2.09. The number of phenols is 1. The molecule has 0 saturated heterocycles. The maximum atomic E-state index is 10.7. The Hall–Kier alpha value is -2.07. The topological polar surface area (TPSA) is 83.6 Å². The first-order valence-electron chi connectivity index (χ1n) is 11.2. The van der Waals surface area contributed by atoms with E-state index in [1.54, 1.807) is 6.07 Å². The van der Waals surface area contributed by atoms with Gasteiger partial charge in [-0.15, -0.1) is 0 Å². The Morgan fingerprint density at radius 2 is 1.24 bits per heavy atom. The monoisotopic (exact) mass is 401 g/mol. The molecule has 2 aromatic carbocycles. The first-order chi connectivity index (χ1) is 14.1. The third kappa shape index (κ3) is 10.9. The lowest BCUT2D eigenvalue weighted by atomic mass is 10.1. The molecule has 0 bridgehead atoms. The molecule has 0 amide bonds. The fourth-order valence-electron chi connectivity index (χ4n) is 3.38. The minimum absolute atomic E-state index is 0.0660. The Morgan fingerprint density at radius 1 is 0.793 bits per heavy atom.